The molecule has 1 heterocycles. The van der Waals surface area contributed by atoms with E-state index in [1.54, 1.807) is 18.3 Å². The Morgan fingerprint density at radius 1 is 1.22 bits per heavy atom. The minimum Gasteiger partial charge on any atom is -0.320 e. The van der Waals surface area contributed by atoms with Crippen molar-refractivity contribution in [2.75, 3.05) is 5.32 Å². The van der Waals surface area contributed by atoms with Gasteiger partial charge in [-0.1, -0.05) is 12.1 Å². The molecule has 92 valence electrons. The Morgan fingerprint density at radius 2 is 2.00 bits per heavy atom. The van der Waals surface area contributed by atoms with Crippen LogP contribution in [0.3, 0.4) is 0 Å². The molecule has 0 radical (unpaired) electrons. The predicted octanol–water partition coefficient (Wildman–Crippen LogP) is 3.71. The highest BCUT2D eigenvalue weighted by Crippen LogP contribution is 2.20. The van der Waals surface area contributed by atoms with Crippen molar-refractivity contribution in [1.82, 2.24) is 4.98 Å². The van der Waals surface area contributed by atoms with Gasteiger partial charge in [0.05, 0.1) is 5.69 Å². The maximum Gasteiger partial charge on any atom is 0.256 e. The van der Waals surface area contributed by atoms with Crippen molar-refractivity contribution < 1.29 is 4.79 Å². The molecule has 0 saturated heterocycles. The Morgan fingerprint density at radius 3 is 2.72 bits per heavy atom. The standard InChI is InChI=1S/C14H13BrN2O/c1-9-5-3-6-11(10(9)2)14(18)17-12-7-4-8-16-13(12)15/h3-8H,1-2H3,(H,17,18). The molecule has 3 nitrogen and oxygen atoms in total. The first kappa shape index (κ1) is 12.8. The van der Waals surface area contributed by atoms with Gasteiger partial charge in [0.25, 0.3) is 5.91 Å². The van der Waals surface area contributed by atoms with E-state index in [0.717, 1.165) is 11.1 Å². The molecule has 0 aliphatic carbocycles. The minimum absolute atomic E-state index is 0.120. The van der Waals surface area contributed by atoms with Gasteiger partial charge in [0, 0.05) is 11.8 Å². The van der Waals surface area contributed by atoms with E-state index in [0.29, 0.717) is 15.9 Å². The second-order valence-electron chi connectivity index (χ2n) is 4.04. The fraction of sp³-hybridized carbons (Fsp3) is 0.143. The van der Waals surface area contributed by atoms with Gasteiger partial charge in [0.1, 0.15) is 4.60 Å². The van der Waals surface area contributed by atoms with Gasteiger partial charge in [-0.25, -0.2) is 4.98 Å². The van der Waals surface area contributed by atoms with E-state index >= 15 is 0 Å². The Labute approximate surface area is 114 Å². The van der Waals surface area contributed by atoms with Crippen molar-refractivity contribution in [2.45, 2.75) is 13.8 Å². The number of benzene rings is 1. The summed E-state index contributed by atoms with van der Waals surface area (Å²) >= 11 is 3.30. The molecule has 1 aromatic heterocycles. The summed E-state index contributed by atoms with van der Waals surface area (Å²) in [6.45, 7) is 3.94. The van der Waals surface area contributed by atoms with Gasteiger partial charge in [-0.05, 0) is 59.1 Å². The molecule has 0 saturated carbocycles. The Balaban J connectivity index is 2.28. The Hall–Kier alpha value is -1.68. The summed E-state index contributed by atoms with van der Waals surface area (Å²) in [5.41, 5.74) is 3.46. The van der Waals surface area contributed by atoms with Gasteiger partial charge in [-0.3, -0.25) is 4.79 Å². The third-order valence-electron chi connectivity index (χ3n) is 2.86. The molecule has 18 heavy (non-hydrogen) atoms. The maximum absolute atomic E-state index is 12.2. The van der Waals surface area contributed by atoms with Crippen LogP contribution in [0.25, 0.3) is 0 Å². The summed E-state index contributed by atoms with van der Waals surface area (Å²) in [4.78, 5) is 16.2. The number of nitrogens with zero attached hydrogens (tertiary/aromatic N) is 1. The molecule has 0 atom stereocenters. The lowest BCUT2D eigenvalue weighted by Crippen LogP contribution is -2.14. The first-order chi connectivity index (χ1) is 8.59. The molecule has 2 aromatic rings. The van der Waals surface area contributed by atoms with Crippen LogP contribution < -0.4 is 5.32 Å². The van der Waals surface area contributed by atoms with Gasteiger partial charge < -0.3 is 5.32 Å². The molecule has 4 heteroatoms. The molecule has 0 bridgehead atoms. The van der Waals surface area contributed by atoms with E-state index in [1.165, 1.54) is 0 Å². The number of anilines is 1. The van der Waals surface area contributed by atoms with Crippen LogP contribution in [0.5, 0.6) is 0 Å². The van der Waals surface area contributed by atoms with E-state index in [9.17, 15) is 4.79 Å². The zero-order valence-corrected chi connectivity index (χ0v) is 11.8. The third kappa shape index (κ3) is 2.59. The molecule has 0 unspecified atom stereocenters. The second kappa shape index (κ2) is 5.31. The molecular formula is C14H13BrN2O. The molecule has 1 aromatic carbocycles. The van der Waals surface area contributed by atoms with Crippen LogP contribution in [-0.4, -0.2) is 10.9 Å². The van der Waals surface area contributed by atoms with Crippen LogP contribution >= 0.6 is 15.9 Å². The lowest BCUT2D eigenvalue weighted by atomic mass is 10.0. The van der Waals surface area contributed by atoms with Crippen LogP contribution in [0, 0.1) is 13.8 Å². The maximum atomic E-state index is 12.2. The van der Waals surface area contributed by atoms with Crippen molar-refractivity contribution in [3.63, 3.8) is 0 Å². The number of halogens is 1. The monoisotopic (exact) mass is 304 g/mol. The molecular weight excluding hydrogens is 292 g/mol. The van der Waals surface area contributed by atoms with Crippen LogP contribution in [0.4, 0.5) is 5.69 Å². The minimum atomic E-state index is -0.120. The quantitative estimate of drug-likeness (QED) is 0.859. The number of aromatic nitrogens is 1. The number of amides is 1. The highest BCUT2D eigenvalue weighted by atomic mass is 79.9. The smallest absolute Gasteiger partial charge is 0.256 e. The Bertz CT molecular complexity index is 596. The van der Waals surface area contributed by atoms with Gasteiger partial charge in [-0.15, -0.1) is 0 Å². The van der Waals surface area contributed by atoms with Crippen molar-refractivity contribution in [1.29, 1.82) is 0 Å². The van der Waals surface area contributed by atoms with Gasteiger partial charge >= 0.3 is 0 Å². The van der Waals surface area contributed by atoms with E-state index in [4.69, 9.17) is 0 Å². The number of rotatable bonds is 2. The number of hydrogen-bond donors (Lipinski definition) is 1. The predicted molar refractivity (Wildman–Crippen MR) is 75.8 cm³/mol. The fourth-order valence-corrected chi connectivity index (χ4v) is 2.02. The van der Waals surface area contributed by atoms with Crippen molar-refractivity contribution in [3.8, 4) is 0 Å². The first-order valence-corrected chi connectivity index (χ1v) is 6.37. The number of carbonyl (C=O) groups excluding carboxylic acids is 1. The highest BCUT2D eigenvalue weighted by molar-refractivity contribution is 9.10. The summed E-state index contributed by atoms with van der Waals surface area (Å²) in [6, 6.07) is 9.28. The number of pyridine rings is 1. The molecule has 1 amide bonds. The molecule has 0 aliphatic rings. The normalized spacial score (nSPS) is 10.2. The lowest BCUT2D eigenvalue weighted by Gasteiger charge is -2.10. The van der Waals surface area contributed by atoms with Gasteiger partial charge in [-0.2, -0.15) is 0 Å². The average molecular weight is 305 g/mol. The van der Waals surface area contributed by atoms with Crippen molar-refractivity contribution >= 4 is 27.5 Å². The average Bonchev–Trinajstić information content (AvgIpc) is 2.35. The molecule has 0 fully saturated rings. The number of nitrogens with one attached hydrogen (secondary N) is 1. The van der Waals surface area contributed by atoms with E-state index in [2.05, 4.69) is 26.2 Å². The van der Waals surface area contributed by atoms with Crippen LogP contribution in [0.1, 0.15) is 21.5 Å². The van der Waals surface area contributed by atoms with E-state index in [-0.39, 0.29) is 5.91 Å². The number of aryl methyl sites for hydroxylation is 1. The largest absolute Gasteiger partial charge is 0.320 e. The van der Waals surface area contributed by atoms with Gasteiger partial charge in [0.15, 0.2) is 0 Å². The molecule has 2 rings (SSSR count). The number of hydrogen-bond acceptors (Lipinski definition) is 2. The van der Waals surface area contributed by atoms with E-state index in [1.807, 2.05) is 32.0 Å². The summed E-state index contributed by atoms with van der Waals surface area (Å²) in [7, 11) is 0. The molecule has 1 N–H and O–H groups in total. The number of carbonyl (C=O) groups is 1. The SMILES string of the molecule is Cc1cccc(C(=O)Nc2cccnc2Br)c1C. The van der Waals surface area contributed by atoms with Crippen molar-refractivity contribution in [3.05, 3.63) is 57.8 Å². The second-order valence-corrected chi connectivity index (χ2v) is 4.79. The fourth-order valence-electron chi connectivity index (χ4n) is 1.67. The third-order valence-corrected chi connectivity index (χ3v) is 3.49. The first-order valence-electron chi connectivity index (χ1n) is 5.57. The topological polar surface area (TPSA) is 42.0 Å². The van der Waals surface area contributed by atoms with E-state index < -0.39 is 0 Å². The Kier molecular flexibility index (Phi) is 3.77. The van der Waals surface area contributed by atoms with Crippen LogP contribution in [0.15, 0.2) is 41.1 Å². The summed E-state index contributed by atoms with van der Waals surface area (Å²) in [5, 5.41) is 2.85. The van der Waals surface area contributed by atoms with Crippen LogP contribution in [-0.2, 0) is 0 Å². The zero-order chi connectivity index (χ0) is 13.1. The molecule has 0 aliphatic heterocycles. The highest BCUT2D eigenvalue weighted by Gasteiger charge is 2.11. The zero-order valence-electron chi connectivity index (χ0n) is 10.2. The summed E-state index contributed by atoms with van der Waals surface area (Å²) < 4.78 is 0.628. The summed E-state index contributed by atoms with van der Waals surface area (Å²) in [5.74, 6) is -0.120. The van der Waals surface area contributed by atoms with Gasteiger partial charge in [0.2, 0.25) is 0 Å². The lowest BCUT2D eigenvalue weighted by molar-refractivity contribution is 0.102. The summed E-state index contributed by atoms with van der Waals surface area (Å²) in [6.07, 6.45) is 1.66. The molecule has 0 spiro atoms. The van der Waals surface area contributed by atoms with Crippen LogP contribution in [0.2, 0.25) is 0 Å². The van der Waals surface area contributed by atoms with Crippen molar-refractivity contribution in [2.24, 2.45) is 0 Å².